The maximum absolute atomic E-state index is 8.86. The largest absolute Gasteiger partial charge is 0.396 e. The van der Waals surface area contributed by atoms with Crippen LogP contribution in [0.5, 0.6) is 0 Å². The molecule has 76 valence electrons. The highest BCUT2D eigenvalue weighted by molar-refractivity contribution is 4.99. The number of hydrogen-bond donors (Lipinski definition) is 1. The Bertz CT molecular complexity index is 172. The molecule has 1 atom stereocenters. The Labute approximate surface area is 79.7 Å². The summed E-state index contributed by atoms with van der Waals surface area (Å²) in [5.41, 5.74) is 0.544. The SMILES string of the molecule is CC(CO)CCN1CC2(COC2)C1. The van der Waals surface area contributed by atoms with Gasteiger partial charge < -0.3 is 14.7 Å². The Morgan fingerprint density at radius 3 is 2.62 bits per heavy atom. The molecule has 3 heteroatoms. The van der Waals surface area contributed by atoms with Crippen LogP contribution < -0.4 is 0 Å². The lowest BCUT2D eigenvalue weighted by atomic mass is 9.78. The quantitative estimate of drug-likeness (QED) is 0.685. The van der Waals surface area contributed by atoms with Crippen LogP contribution in [-0.2, 0) is 4.74 Å². The van der Waals surface area contributed by atoms with Gasteiger partial charge in [-0.25, -0.2) is 0 Å². The van der Waals surface area contributed by atoms with Crippen molar-refractivity contribution < 1.29 is 9.84 Å². The molecule has 0 bridgehead atoms. The summed E-state index contributed by atoms with van der Waals surface area (Å²) < 4.78 is 5.21. The second kappa shape index (κ2) is 3.56. The van der Waals surface area contributed by atoms with Gasteiger partial charge in [0.25, 0.3) is 0 Å². The van der Waals surface area contributed by atoms with Crippen LogP contribution in [-0.4, -0.2) is 49.5 Å². The van der Waals surface area contributed by atoms with Crippen molar-refractivity contribution in [2.24, 2.45) is 11.3 Å². The average Bonchev–Trinajstić information content (AvgIpc) is 1.98. The number of hydrogen-bond acceptors (Lipinski definition) is 3. The zero-order valence-electron chi connectivity index (χ0n) is 8.33. The smallest absolute Gasteiger partial charge is 0.0569 e. The van der Waals surface area contributed by atoms with E-state index >= 15 is 0 Å². The van der Waals surface area contributed by atoms with Gasteiger partial charge in [-0.15, -0.1) is 0 Å². The van der Waals surface area contributed by atoms with Gasteiger partial charge in [-0.2, -0.15) is 0 Å². The molecule has 2 aliphatic heterocycles. The van der Waals surface area contributed by atoms with E-state index in [1.807, 2.05) is 0 Å². The molecule has 3 nitrogen and oxygen atoms in total. The van der Waals surface area contributed by atoms with Crippen molar-refractivity contribution in [2.45, 2.75) is 13.3 Å². The summed E-state index contributed by atoms with van der Waals surface area (Å²) in [6.07, 6.45) is 1.12. The fourth-order valence-electron chi connectivity index (χ4n) is 2.13. The maximum atomic E-state index is 8.86. The minimum absolute atomic E-state index is 0.322. The van der Waals surface area contributed by atoms with Crippen LogP contribution in [0.25, 0.3) is 0 Å². The van der Waals surface area contributed by atoms with Crippen molar-refractivity contribution >= 4 is 0 Å². The zero-order chi connectivity index (χ0) is 9.31. The lowest BCUT2D eigenvalue weighted by Gasteiger charge is -2.55. The fourth-order valence-corrected chi connectivity index (χ4v) is 2.13. The third kappa shape index (κ3) is 1.87. The van der Waals surface area contributed by atoms with Crippen LogP contribution in [0.15, 0.2) is 0 Å². The van der Waals surface area contributed by atoms with E-state index in [0.717, 1.165) is 26.2 Å². The van der Waals surface area contributed by atoms with Gasteiger partial charge in [0.2, 0.25) is 0 Å². The first kappa shape index (κ1) is 9.44. The molecule has 2 heterocycles. The Morgan fingerprint density at radius 2 is 2.15 bits per heavy atom. The van der Waals surface area contributed by atoms with Gasteiger partial charge in [0.05, 0.1) is 13.2 Å². The molecule has 1 unspecified atom stereocenters. The average molecular weight is 185 g/mol. The predicted octanol–water partition coefficient (Wildman–Crippen LogP) is 0.337. The molecular formula is C10H19NO2. The van der Waals surface area contributed by atoms with Crippen LogP contribution in [0.2, 0.25) is 0 Å². The highest BCUT2D eigenvalue weighted by atomic mass is 16.5. The second-order valence-electron chi connectivity index (χ2n) is 4.78. The molecular weight excluding hydrogens is 166 g/mol. The van der Waals surface area contributed by atoms with Gasteiger partial charge in [-0.1, -0.05) is 6.92 Å². The highest BCUT2D eigenvalue weighted by Gasteiger charge is 2.48. The summed E-state index contributed by atoms with van der Waals surface area (Å²) in [4.78, 5) is 2.47. The van der Waals surface area contributed by atoms with Crippen molar-refractivity contribution in [1.82, 2.24) is 4.90 Å². The lowest BCUT2D eigenvalue weighted by Crippen LogP contribution is -2.65. The van der Waals surface area contributed by atoms with Crippen LogP contribution in [0.3, 0.4) is 0 Å². The normalized spacial score (nSPS) is 28.2. The lowest BCUT2D eigenvalue weighted by molar-refractivity contribution is -0.189. The zero-order valence-corrected chi connectivity index (χ0v) is 8.33. The van der Waals surface area contributed by atoms with Gasteiger partial charge in [-0.3, -0.25) is 0 Å². The molecule has 13 heavy (non-hydrogen) atoms. The first-order valence-electron chi connectivity index (χ1n) is 5.15. The van der Waals surface area contributed by atoms with E-state index < -0.39 is 0 Å². The van der Waals surface area contributed by atoms with Crippen LogP contribution >= 0.6 is 0 Å². The third-order valence-electron chi connectivity index (χ3n) is 3.18. The number of aliphatic hydroxyl groups is 1. The van der Waals surface area contributed by atoms with Gasteiger partial charge in [0.1, 0.15) is 0 Å². The minimum Gasteiger partial charge on any atom is -0.396 e. The molecule has 2 fully saturated rings. The Balaban J connectivity index is 1.59. The first-order chi connectivity index (χ1) is 6.24. The summed E-state index contributed by atoms with van der Waals surface area (Å²) in [6.45, 7) is 7.93. The summed E-state index contributed by atoms with van der Waals surface area (Å²) in [7, 11) is 0. The molecule has 0 aromatic heterocycles. The van der Waals surface area contributed by atoms with E-state index in [9.17, 15) is 0 Å². The number of likely N-dealkylation sites (tertiary alicyclic amines) is 1. The van der Waals surface area contributed by atoms with E-state index in [2.05, 4.69) is 11.8 Å². The predicted molar refractivity (Wildman–Crippen MR) is 50.6 cm³/mol. The molecule has 2 saturated heterocycles. The van der Waals surface area contributed by atoms with Gasteiger partial charge in [0.15, 0.2) is 0 Å². The van der Waals surface area contributed by atoms with E-state index in [4.69, 9.17) is 9.84 Å². The number of aliphatic hydroxyl groups excluding tert-OH is 1. The summed E-state index contributed by atoms with van der Waals surface area (Å²) in [6, 6.07) is 0. The molecule has 1 N–H and O–H groups in total. The summed E-state index contributed by atoms with van der Waals surface area (Å²) in [5, 5.41) is 8.86. The topological polar surface area (TPSA) is 32.7 Å². The van der Waals surface area contributed by atoms with Crippen LogP contribution in [0.4, 0.5) is 0 Å². The minimum atomic E-state index is 0.322. The van der Waals surface area contributed by atoms with Crippen molar-refractivity contribution in [3.05, 3.63) is 0 Å². The van der Waals surface area contributed by atoms with Crippen molar-refractivity contribution in [1.29, 1.82) is 0 Å². The van der Waals surface area contributed by atoms with Crippen molar-refractivity contribution in [2.75, 3.05) is 39.5 Å². The van der Waals surface area contributed by atoms with Crippen LogP contribution in [0, 0.1) is 11.3 Å². The standard InChI is InChI=1S/C10H19NO2/c1-9(4-12)2-3-11-5-10(6-11)7-13-8-10/h9,12H,2-8H2,1H3. The van der Waals surface area contributed by atoms with E-state index in [-0.39, 0.29) is 0 Å². The Morgan fingerprint density at radius 1 is 1.46 bits per heavy atom. The third-order valence-corrected chi connectivity index (χ3v) is 3.18. The van der Waals surface area contributed by atoms with Gasteiger partial charge in [0, 0.05) is 25.1 Å². The molecule has 2 rings (SSSR count). The molecule has 0 aliphatic carbocycles. The van der Waals surface area contributed by atoms with E-state index in [1.165, 1.54) is 13.1 Å². The van der Waals surface area contributed by atoms with Gasteiger partial charge >= 0.3 is 0 Å². The highest BCUT2D eigenvalue weighted by Crippen LogP contribution is 2.37. The van der Waals surface area contributed by atoms with Crippen molar-refractivity contribution in [3.63, 3.8) is 0 Å². The van der Waals surface area contributed by atoms with E-state index in [1.54, 1.807) is 0 Å². The summed E-state index contributed by atoms with van der Waals surface area (Å²) >= 11 is 0. The Hall–Kier alpha value is -0.120. The number of ether oxygens (including phenoxy) is 1. The first-order valence-corrected chi connectivity index (χ1v) is 5.15. The molecule has 0 aromatic carbocycles. The molecule has 1 spiro atoms. The summed E-state index contributed by atoms with van der Waals surface area (Å²) in [5.74, 6) is 0.453. The maximum Gasteiger partial charge on any atom is 0.0569 e. The van der Waals surface area contributed by atoms with Crippen LogP contribution in [0.1, 0.15) is 13.3 Å². The molecule has 0 amide bonds. The fraction of sp³-hybridized carbons (Fsp3) is 1.00. The molecule has 0 saturated carbocycles. The molecule has 0 radical (unpaired) electrons. The molecule has 0 aromatic rings. The number of nitrogens with zero attached hydrogens (tertiary/aromatic N) is 1. The molecule has 2 aliphatic rings. The van der Waals surface area contributed by atoms with Crippen molar-refractivity contribution in [3.8, 4) is 0 Å². The second-order valence-corrected chi connectivity index (χ2v) is 4.78. The Kier molecular flexibility index (Phi) is 2.58. The monoisotopic (exact) mass is 185 g/mol. The van der Waals surface area contributed by atoms with E-state index in [0.29, 0.717) is 17.9 Å². The number of rotatable bonds is 4. The van der Waals surface area contributed by atoms with Gasteiger partial charge in [-0.05, 0) is 18.9 Å².